The van der Waals surface area contributed by atoms with E-state index in [9.17, 15) is 0 Å². The van der Waals surface area contributed by atoms with Gasteiger partial charge >= 0.3 is 0 Å². The zero-order valence-electron chi connectivity index (χ0n) is 8.68. The van der Waals surface area contributed by atoms with Gasteiger partial charge in [-0.2, -0.15) is 5.26 Å². The summed E-state index contributed by atoms with van der Waals surface area (Å²) in [6.07, 6.45) is 0. The van der Waals surface area contributed by atoms with Crippen molar-refractivity contribution < 1.29 is 0 Å². The highest BCUT2D eigenvalue weighted by Crippen LogP contribution is 2.25. The summed E-state index contributed by atoms with van der Waals surface area (Å²) >= 11 is 0. The molecule has 0 bridgehead atoms. The summed E-state index contributed by atoms with van der Waals surface area (Å²) in [6, 6.07) is 8.02. The van der Waals surface area contributed by atoms with E-state index in [2.05, 4.69) is 33.8 Å². The molecule has 0 unspecified atom stereocenters. The topological polar surface area (TPSA) is 23.8 Å². The van der Waals surface area contributed by atoms with Crippen molar-refractivity contribution in [1.82, 2.24) is 0 Å². The van der Waals surface area contributed by atoms with Gasteiger partial charge in [0.25, 0.3) is 0 Å². The summed E-state index contributed by atoms with van der Waals surface area (Å²) in [7, 11) is 0. The molecule has 1 nitrogen and oxygen atoms in total. The number of aryl methyl sites for hydroxylation is 1. The fraction of sp³-hybridized carbons (Fsp3) is 0.417. The Balaban J connectivity index is 3.23. The molecule has 1 heteroatoms. The maximum Gasteiger partial charge on any atom is 0.0991 e. The van der Waals surface area contributed by atoms with Gasteiger partial charge < -0.3 is 0 Å². The SMILES string of the molecule is Cc1cc(C#N)ccc1C(C)(C)C. The van der Waals surface area contributed by atoms with Crippen molar-refractivity contribution in [2.75, 3.05) is 0 Å². The van der Waals surface area contributed by atoms with Crippen molar-refractivity contribution in [1.29, 1.82) is 5.26 Å². The van der Waals surface area contributed by atoms with E-state index in [-0.39, 0.29) is 5.41 Å². The zero-order chi connectivity index (χ0) is 10.1. The largest absolute Gasteiger partial charge is 0.192 e. The van der Waals surface area contributed by atoms with Crippen LogP contribution in [0.3, 0.4) is 0 Å². The maximum atomic E-state index is 8.71. The van der Waals surface area contributed by atoms with Gasteiger partial charge in [-0.05, 0) is 35.6 Å². The predicted octanol–water partition coefficient (Wildman–Crippen LogP) is 3.16. The molecular weight excluding hydrogens is 158 g/mol. The van der Waals surface area contributed by atoms with Gasteiger partial charge in [-0.3, -0.25) is 0 Å². The van der Waals surface area contributed by atoms with Gasteiger partial charge in [-0.15, -0.1) is 0 Å². The molecule has 1 aromatic rings. The highest BCUT2D eigenvalue weighted by atomic mass is 14.2. The van der Waals surface area contributed by atoms with Crippen LogP contribution in [0.1, 0.15) is 37.5 Å². The lowest BCUT2D eigenvalue weighted by Crippen LogP contribution is -2.12. The molecule has 0 aliphatic carbocycles. The lowest BCUT2D eigenvalue weighted by Gasteiger charge is -2.21. The van der Waals surface area contributed by atoms with Crippen LogP contribution in [0.15, 0.2) is 18.2 Å². The molecule has 68 valence electrons. The highest BCUT2D eigenvalue weighted by molar-refractivity contribution is 5.40. The molecule has 0 saturated carbocycles. The van der Waals surface area contributed by atoms with Crippen LogP contribution in [0.4, 0.5) is 0 Å². The maximum absolute atomic E-state index is 8.71. The first-order valence-electron chi connectivity index (χ1n) is 4.46. The predicted molar refractivity (Wildman–Crippen MR) is 54.6 cm³/mol. The monoisotopic (exact) mass is 173 g/mol. The zero-order valence-corrected chi connectivity index (χ0v) is 8.68. The molecule has 0 aliphatic heterocycles. The van der Waals surface area contributed by atoms with Crippen LogP contribution in [0.25, 0.3) is 0 Å². The quantitative estimate of drug-likeness (QED) is 0.591. The highest BCUT2D eigenvalue weighted by Gasteiger charge is 2.15. The number of nitrogens with zero attached hydrogens (tertiary/aromatic N) is 1. The number of nitriles is 1. The summed E-state index contributed by atoms with van der Waals surface area (Å²) in [5.74, 6) is 0. The van der Waals surface area contributed by atoms with E-state index in [1.165, 1.54) is 11.1 Å². The lowest BCUT2D eigenvalue weighted by atomic mass is 9.83. The third kappa shape index (κ3) is 2.09. The third-order valence-corrected chi connectivity index (χ3v) is 2.16. The van der Waals surface area contributed by atoms with Crippen molar-refractivity contribution in [3.8, 4) is 6.07 Å². The molecule has 0 aromatic heterocycles. The second kappa shape index (κ2) is 3.22. The summed E-state index contributed by atoms with van der Waals surface area (Å²) < 4.78 is 0. The Labute approximate surface area is 80.0 Å². The minimum absolute atomic E-state index is 0.165. The summed E-state index contributed by atoms with van der Waals surface area (Å²) in [4.78, 5) is 0. The van der Waals surface area contributed by atoms with Gasteiger partial charge in [0.15, 0.2) is 0 Å². The van der Waals surface area contributed by atoms with E-state index < -0.39 is 0 Å². The Bertz CT molecular complexity index is 350. The van der Waals surface area contributed by atoms with Crippen LogP contribution >= 0.6 is 0 Å². The molecular formula is C12H15N. The van der Waals surface area contributed by atoms with Crippen molar-refractivity contribution in [3.05, 3.63) is 34.9 Å². The fourth-order valence-electron chi connectivity index (χ4n) is 1.57. The molecule has 0 atom stereocenters. The van der Waals surface area contributed by atoms with Gasteiger partial charge in [-0.25, -0.2) is 0 Å². The molecule has 0 heterocycles. The molecule has 1 aromatic carbocycles. The van der Waals surface area contributed by atoms with Crippen LogP contribution in [-0.4, -0.2) is 0 Å². The first-order valence-corrected chi connectivity index (χ1v) is 4.46. The van der Waals surface area contributed by atoms with Crippen LogP contribution < -0.4 is 0 Å². The van der Waals surface area contributed by atoms with E-state index in [0.29, 0.717) is 0 Å². The standard InChI is InChI=1S/C12H15N/c1-9-7-10(8-13)5-6-11(9)12(2,3)4/h5-7H,1-4H3. The van der Waals surface area contributed by atoms with E-state index in [1.807, 2.05) is 18.2 Å². The van der Waals surface area contributed by atoms with Gasteiger partial charge in [0.1, 0.15) is 0 Å². The Kier molecular flexibility index (Phi) is 2.43. The summed E-state index contributed by atoms with van der Waals surface area (Å²) in [5, 5.41) is 8.71. The lowest BCUT2D eigenvalue weighted by molar-refractivity contribution is 0.586. The van der Waals surface area contributed by atoms with Gasteiger partial charge in [0.05, 0.1) is 11.6 Å². The third-order valence-electron chi connectivity index (χ3n) is 2.16. The molecule has 0 saturated heterocycles. The minimum atomic E-state index is 0.165. The number of hydrogen-bond donors (Lipinski definition) is 0. The van der Waals surface area contributed by atoms with Crippen molar-refractivity contribution in [2.45, 2.75) is 33.1 Å². The van der Waals surface area contributed by atoms with Crippen molar-refractivity contribution >= 4 is 0 Å². The van der Waals surface area contributed by atoms with E-state index >= 15 is 0 Å². The van der Waals surface area contributed by atoms with Crippen LogP contribution in [0.2, 0.25) is 0 Å². The fourth-order valence-corrected chi connectivity index (χ4v) is 1.57. The van der Waals surface area contributed by atoms with E-state index in [0.717, 1.165) is 5.56 Å². The molecule has 0 spiro atoms. The van der Waals surface area contributed by atoms with E-state index in [1.54, 1.807) is 0 Å². The Morgan fingerprint density at radius 3 is 2.23 bits per heavy atom. The average molecular weight is 173 g/mol. The van der Waals surface area contributed by atoms with Gasteiger partial charge in [0.2, 0.25) is 0 Å². The van der Waals surface area contributed by atoms with Gasteiger partial charge in [-0.1, -0.05) is 26.8 Å². The first kappa shape index (κ1) is 9.80. The molecule has 13 heavy (non-hydrogen) atoms. The smallest absolute Gasteiger partial charge is 0.0991 e. The van der Waals surface area contributed by atoms with Crippen LogP contribution in [0, 0.1) is 18.3 Å². The molecule has 0 radical (unpaired) electrons. The second-order valence-corrected chi connectivity index (χ2v) is 4.39. The van der Waals surface area contributed by atoms with Crippen LogP contribution in [0.5, 0.6) is 0 Å². The molecule has 0 amide bonds. The first-order chi connectivity index (χ1) is 5.95. The normalized spacial score (nSPS) is 11.0. The molecule has 0 N–H and O–H groups in total. The van der Waals surface area contributed by atoms with Crippen molar-refractivity contribution in [2.24, 2.45) is 0 Å². The average Bonchev–Trinajstić information content (AvgIpc) is 2.01. The van der Waals surface area contributed by atoms with Crippen LogP contribution in [-0.2, 0) is 5.41 Å². The van der Waals surface area contributed by atoms with Crippen molar-refractivity contribution in [3.63, 3.8) is 0 Å². The van der Waals surface area contributed by atoms with Gasteiger partial charge in [0, 0.05) is 0 Å². The molecule has 0 fully saturated rings. The number of rotatable bonds is 0. The Morgan fingerprint density at radius 1 is 1.23 bits per heavy atom. The second-order valence-electron chi connectivity index (χ2n) is 4.39. The molecule has 0 aliphatic rings. The Hall–Kier alpha value is -1.29. The minimum Gasteiger partial charge on any atom is -0.192 e. The number of hydrogen-bond acceptors (Lipinski definition) is 1. The molecule has 1 rings (SSSR count). The number of benzene rings is 1. The Morgan fingerprint density at radius 2 is 1.85 bits per heavy atom. The van der Waals surface area contributed by atoms with E-state index in [4.69, 9.17) is 5.26 Å². The summed E-state index contributed by atoms with van der Waals surface area (Å²) in [6.45, 7) is 8.60. The summed E-state index contributed by atoms with van der Waals surface area (Å²) in [5.41, 5.74) is 3.42.